The minimum atomic E-state index is -0.458. The lowest BCUT2D eigenvalue weighted by atomic mass is 9.99. The van der Waals surface area contributed by atoms with Crippen molar-refractivity contribution in [2.24, 2.45) is 10.1 Å². The summed E-state index contributed by atoms with van der Waals surface area (Å²) in [7, 11) is 1.57. The number of hydrogen-bond acceptors (Lipinski definition) is 7. The van der Waals surface area contributed by atoms with Gasteiger partial charge in [0.05, 0.1) is 16.3 Å². The number of rotatable bonds is 10. The minimum Gasteiger partial charge on any atom is -0.493 e. The molecule has 1 amide bonds. The number of ether oxygens (including phenoxy) is 3. The van der Waals surface area contributed by atoms with E-state index in [1.807, 2.05) is 25.1 Å². The summed E-state index contributed by atoms with van der Waals surface area (Å²) in [6.07, 6.45) is 3.45. The molecule has 2 aromatic rings. The zero-order valence-electron chi connectivity index (χ0n) is 21.2. The molecular weight excluding hydrogens is 603 g/mol. The average Bonchev–Trinajstić information content (AvgIpc) is 3.32. The van der Waals surface area contributed by atoms with E-state index in [2.05, 4.69) is 58.7 Å². The number of benzene rings is 2. The Morgan fingerprint density at radius 2 is 1.89 bits per heavy atom. The first kappa shape index (κ1) is 27.2. The summed E-state index contributed by atoms with van der Waals surface area (Å²) in [4.78, 5) is 16.8. The van der Waals surface area contributed by atoms with Crippen LogP contribution in [0.5, 0.6) is 17.2 Å². The van der Waals surface area contributed by atoms with Crippen LogP contribution in [0.2, 0.25) is 0 Å². The minimum absolute atomic E-state index is 0.00887. The second-order valence-corrected chi connectivity index (χ2v) is 10.7. The number of amidine groups is 2. The number of amides is 1. The Bertz CT molecular complexity index is 1290. The third kappa shape index (κ3) is 6.18. The molecule has 2 aliphatic heterocycles. The number of hydrazone groups is 1. The van der Waals surface area contributed by atoms with Crippen molar-refractivity contribution in [1.82, 2.24) is 5.01 Å². The molecule has 0 bridgehead atoms. The van der Waals surface area contributed by atoms with Crippen LogP contribution in [0, 0.1) is 8.98 Å². The van der Waals surface area contributed by atoms with E-state index in [-0.39, 0.29) is 11.4 Å². The first-order chi connectivity index (χ1) is 17.8. The Morgan fingerprint density at radius 1 is 1.16 bits per heavy atom. The van der Waals surface area contributed by atoms with Gasteiger partial charge in [-0.05, 0) is 94.6 Å². The van der Waals surface area contributed by atoms with Gasteiger partial charge >= 0.3 is 0 Å². The van der Waals surface area contributed by atoms with E-state index < -0.39 is 5.91 Å². The van der Waals surface area contributed by atoms with Crippen molar-refractivity contribution in [3.63, 3.8) is 0 Å². The maximum Gasteiger partial charge on any atom is 0.283 e. The maximum atomic E-state index is 12.7. The second-order valence-electron chi connectivity index (χ2n) is 8.48. The van der Waals surface area contributed by atoms with E-state index in [0.29, 0.717) is 47.8 Å². The fourth-order valence-corrected chi connectivity index (χ4v) is 5.34. The number of nitrogens with zero attached hydrogens (tertiary/aromatic N) is 3. The predicted octanol–water partition coefficient (Wildman–Crippen LogP) is 6.30. The lowest BCUT2D eigenvalue weighted by Gasteiger charge is -2.20. The normalized spacial score (nSPS) is 16.9. The molecule has 0 saturated heterocycles. The van der Waals surface area contributed by atoms with Crippen molar-refractivity contribution in [3.8, 4) is 17.2 Å². The van der Waals surface area contributed by atoms with Crippen LogP contribution in [0.3, 0.4) is 0 Å². The quantitative estimate of drug-likeness (QED) is 0.188. The standard InChI is InChI=1S/C27H29IN4O4S/c1-5-16(3)18-7-9-19(10-8-18)35-11-12-36-24-21(28)14-17(15-22(24)34-4)13-20-25(29)32-27(30-26(20)33)37-23(6-2)31-32/h7-10,13-16,29H,5-6,11-12H2,1-4H3. The van der Waals surface area contributed by atoms with E-state index >= 15 is 0 Å². The van der Waals surface area contributed by atoms with Gasteiger partial charge in [-0.15, -0.1) is 0 Å². The number of fused-ring (bicyclic) bond motifs is 1. The molecule has 37 heavy (non-hydrogen) atoms. The number of nitrogens with one attached hydrogen (secondary N) is 1. The number of aliphatic imine (C=N–C) groups is 1. The van der Waals surface area contributed by atoms with Gasteiger partial charge < -0.3 is 14.2 Å². The van der Waals surface area contributed by atoms with Gasteiger partial charge in [-0.1, -0.05) is 32.9 Å². The number of halogens is 1. The van der Waals surface area contributed by atoms with Gasteiger partial charge in [-0.2, -0.15) is 15.1 Å². The van der Waals surface area contributed by atoms with Crippen LogP contribution in [0.1, 0.15) is 50.7 Å². The van der Waals surface area contributed by atoms with Crippen molar-refractivity contribution in [3.05, 3.63) is 56.7 Å². The topological polar surface area (TPSA) is 96.6 Å². The van der Waals surface area contributed by atoms with Crippen LogP contribution in [-0.2, 0) is 4.79 Å². The fourth-order valence-electron chi connectivity index (χ4n) is 3.74. The molecule has 194 valence electrons. The Kier molecular flexibility index (Phi) is 8.91. The predicted molar refractivity (Wildman–Crippen MR) is 157 cm³/mol. The van der Waals surface area contributed by atoms with Crippen molar-refractivity contribution in [1.29, 1.82) is 5.41 Å². The molecule has 2 aromatic carbocycles. The summed E-state index contributed by atoms with van der Waals surface area (Å²) in [5.41, 5.74) is 2.17. The summed E-state index contributed by atoms with van der Waals surface area (Å²) in [5.74, 6) is 2.00. The van der Waals surface area contributed by atoms with Gasteiger partial charge in [0.25, 0.3) is 5.91 Å². The molecule has 0 radical (unpaired) electrons. The summed E-state index contributed by atoms with van der Waals surface area (Å²) >= 11 is 3.49. The number of methoxy groups -OCH3 is 1. The first-order valence-corrected chi connectivity index (χ1v) is 14.0. The smallest absolute Gasteiger partial charge is 0.283 e. The van der Waals surface area contributed by atoms with E-state index in [0.717, 1.165) is 20.8 Å². The van der Waals surface area contributed by atoms with Crippen LogP contribution in [0.25, 0.3) is 6.08 Å². The fraction of sp³-hybridized carbons (Fsp3) is 0.333. The molecule has 10 heteroatoms. The van der Waals surface area contributed by atoms with Gasteiger partial charge in [-0.3, -0.25) is 10.2 Å². The van der Waals surface area contributed by atoms with E-state index in [9.17, 15) is 4.79 Å². The molecule has 2 heterocycles. The molecule has 1 unspecified atom stereocenters. The zero-order chi connectivity index (χ0) is 26.5. The molecular formula is C27H29IN4O4S. The molecule has 2 aliphatic rings. The van der Waals surface area contributed by atoms with E-state index in [1.54, 1.807) is 19.3 Å². The molecule has 0 fully saturated rings. The Balaban J connectivity index is 1.43. The first-order valence-electron chi connectivity index (χ1n) is 12.1. The summed E-state index contributed by atoms with van der Waals surface area (Å²) in [5, 5.41) is 15.5. The molecule has 1 atom stereocenters. The third-order valence-electron chi connectivity index (χ3n) is 6.02. The van der Waals surface area contributed by atoms with E-state index in [4.69, 9.17) is 19.6 Å². The summed E-state index contributed by atoms with van der Waals surface area (Å²) in [6, 6.07) is 11.8. The molecule has 0 aromatic heterocycles. The SMILES string of the molecule is CCC1=NN2C(=N)C(=Cc3cc(I)c(OCCOc4ccc(C(C)CC)cc4)c(OC)c3)C(=O)N=C2S1. The number of thioether (sulfide) groups is 1. The highest BCUT2D eigenvalue weighted by atomic mass is 127. The molecule has 8 nitrogen and oxygen atoms in total. The van der Waals surface area contributed by atoms with Crippen molar-refractivity contribution in [2.75, 3.05) is 20.3 Å². The second kappa shape index (κ2) is 12.1. The summed E-state index contributed by atoms with van der Waals surface area (Å²) < 4.78 is 18.2. The summed E-state index contributed by atoms with van der Waals surface area (Å²) in [6.45, 7) is 7.09. The van der Waals surface area contributed by atoms with Gasteiger partial charge in [0.15, 0.2) is 17.3 Å². The van der Waals surface area contributed by atoms with E-state index in [1.165, 1.54) is 22.3 Å². The van der Waals surface area contributed by atoms with Gasteiger partial charge in [0.2, 0.25) is 5.17 Å². The number of hydrogen-bond donors (Lipinski definition) is 1. The van der Waals surface area contributed by atoms with Crippen molar-refractivity contribution in [2.45, 2.75) is 39.5 Å². The molecule has 0 saturated carbocycles. The molecule has 1 N–H and O–H groups in total. The van der Waals surface area contributed by atoms with Crippen LogP contribution in [-0.4, -0.2) is 47.3 Å². The third-order valence-corrected chi connectivity index (χ3v) is 7.88. The Hall–Kier alpha value is -2.86. The maximum absolute atomic E-state index is 12.7. The Morgan fingerprint density at radius 3 is 2.57 bits per heavy atom. The monoisotopic (exact) mass is 632 g/mol. The van der Waals surface area contributed by atoms with Crippen LogP contribution in [0.15, 0.2) is 52.1 Å². The van der Waals surface area contributed by atoms with Crippen LogP contribution >= 0.6 is 34.4 Å². The van der Waals surface area contributed by atoms with Crippen LogP contribution in [0.4, 0.5) is 0 Å². The lowest BCUT2D eigenvalue weighted by molar-refractivity contribution is -0.114. The van der Waals surface area contributed by atoms with Gasteiger partial charge in [0, 0.05) is 0 Å². The molecule has 0 aliphatic carbocycles. The van der Waals surface area contributed by atoms with Crippen molar-refractivity contribution < 1.29 is 19.0 Å². The molecule has 4 rings (SSSR count). The lowest BCUT2D eigenvalue weighted by Crippen LogP contribution is -2.35. The molecule has 0 spiro atoms. The largest absolute Gasteiger partial charge is 0.493 e. The highest BCUT2D eigenvalue weighted by Crippen LogP contribution is 2.36. The highest BCUT2D eigenvalue weighted by molar-refractivity contribution is 14.1. The highest BCUT2D eigenvalue weighted by Gasteiger charge is 2.35. The number of carbonyl (C=O) groups is 1. The van der Waals surface area contributed by atoms with Gasteiger partial charge in [-0.25, -0.2) is 0 Å². The van der Waals surface area contributed by atoms with Gasteiger partial charge in [0.1, 0.15) is 24.0 Å². The van der Waals surface area contributed by atoms with Crippen molar-refractivity contribution >= 4 is 62.4 Å². The average molecular weight is 633 g/mol. The zero-order valence-corrected chi connectivity index (χ0v) is 24.2. The number of carbonyl (C=O) groups excluding carboxylic acids is 1. The Labute approximate surface area is 234 Å². The van der Waals surface area contributed by atoms with Crippen LogP contribution < -0.4 is 14.2 Å².